The van der Waals surface area contributed by atoms with E-state index in [1.807, 2.05) is 0 Å². The van der Waals surface area contributed by atoms with Crippen LogP contribution in [0.5, 0.6) is 0 Å². The van der Waals surface area contributed by atoms with Crippen molar-refractivity contribution in [1.82, 2.24) is 0 Å². The summed E-state index contributed by atoms with van der Waals surface area (Å²) in [5.74, 6) is 0. The van der Waals surface area contributed by atoms with Crippen molar-refractivity contribution in [1.29, 1.82) is 0 Å². The molecule has 208 valence electrons. The van der Waals surface area contributed by atoms with Crippen molar-refractivity contribution in [2.24, 2.45) is 0 Å². The second-order valence-electron chi connectivity index (χ2n) is 6.91. The molecule has 2 aliphatic rings. The Balaban J connectivity index is -0.000000177. The van der Waals surface area contributed by atoms with Gasteiger partial charge in [0.2, 0.25) is 0 Å². The summed E-state index contributed by atoms with van der Waals surface area (Å²) >= 11 is -3.11. The van der Waals surface area contributed by atoms with E-state index >= 15 is 0 Å². The number of halogens is 6. The van der Waals surface area contributed by atoms with Crippen molar-refractivity contribution in [3.05, 3.63) is 41.1 Å². The molecule has 2 rings (SSSR count). The molecule has 0 aromatic carbocycles. The van der Waals surface area contributed by atoms with Gasteiger partial charge < -0.3 is 48.1 Å². The van der Waals surface area contributed by atoms with E-state index < -0.39 is 33.7 Å². The molecule has 0 spiro atoms. The van der Waals surface area contributed by atoms with Crippen molar-refractivity contribution in [3.8, 4) is 0 Å². The van der Waals surface area contributed by atoms with E-state index in [-0.39, 0.29) is 55.7 Å². The van der Waals surface area contributed by atoms with Gasteiger partial charge in [-0.15, -0.1) is 47.6 Å². The Hall–Kier alpha value is -0.187. The molecule has 0 heterocycles. The second-order valence-corrected chi connectivity index (χ2v) is 8.69. The molecule has 0 aromatic heterocycles. The van der Waals surface area contributed by atoms with E-state index in [1.165, 1.54) is 0 Å². The second kappa shape index (κ2) is 20.8. The van der Waals surface area contributed by atoms with Gasteiger partial charge in [0.25, 0.3) is 0 Å². The van der Waals surface area contributed by atoms with Gasteiger partial charge in [-0.3, -0.25) is 4.21 Å². The minimum Gasteiger partial charge on any atom is -0.784 e. The van der Waals surface area contributed by atoms with Crippen LogP contribution in [-0.2, 0) is 41.0 Å². The first-order valence-corrected chi connectivity index (χ1v) is 11.4. The first-order chi connectivity index (χ1) is 15.1. The quantitative estimate of drug-likeness (QED) is 0.0875. The first-order valence-electron chi connectivity index (χ1n) is 8.97. The van der Waals surface area contributed by atoms with Crippen LogP contribution in [0.2, 0.25) is 0 Å². The third kappa shape index (κ3) is 31.8. The molecule has 35 heavy (non-hydrogen) atoms. The summed E-state index contributed by atoms with van der Waals surface area (Å²) in [5.41, 5.74) is 38.1. The average Bonchev–Trinajstić information content (AvgIpc) is 2.49. The molecule has 0 radical (unpaired) electrons. The predicted molar refractivity (Wildman–Crippen MR) is 108 cm³/mol. The summed E-state index contributed by atoms with van der Waals surface area (Å²) in [5, 5.41) is 0. The number of nitrogens with one attached hydrogen (secondary N) is 6. The standard InChI is InChI=1S/2C6H12N3.CHF3O3S.CF3.H2O3S.Zn/c2*7-4-1-5(8)3-6(9)2-4;2-1(3,4)8(5,6)7;2-1(3)4;1-4(2)3;/h2*4-9H,1-3H2;(H,5,6,7);;(H2,1,2,3);/q2*-3;;+1;;+2/p-3. The summed E-state index contributed by atoms with van der Waals surface area (Å²) in [6, 6.07) is -0.813. The van der Waals surface area contributed by atoms with Crippen LogP contribution in [-0.4, -0.2) is 68.0 Å². The molecule has 0 unspecified atom stereocenters. The number of hydrogen-bond acceptors (Lipinski definition) is 6. The molecule has 0 aromatic rings. The summed E-state index contributed by atoms with van der Waals surface area (Å²) in [6.07, 6.45) is 4.06. The Kier molecular flexibility index (Phi) is 24.9. The molecule has 2 saturated carbocycles. The van der Waals surface area contributed by atoms with Crippen molar-refractivity contribution >= 4 is 21.5 Å². The number of rotatable bonds is 0. The van der Waals surface area contributed by atoms with Crippen LogP contribution in [0.25, 0.3) is 34.4 Å². The Labute approximate surface area is 214 Å². The Morgan fingerprint density at radius 2 is 0.771 bits per heavy atom. The van der Waals surface area contributed by atoms with Gasteiger partial charge in [0, 0.05) is 0 Å². The van der Waals surface area contributed by atoms with Crippen LogP contribution in [0.15, 0.2) is 0 Å². The molecule has 0 amide bonds. The van der Waals surface area contributed by atoms with Crippen LogP contribution in [0.3, 0.4) is 0 Å². The SMILES string of the molecule is F[C+](F)F.O=S(=O)([O-])C(F)(F)F.O=S([O-])[O-].[NH-]C1CC([NH-])CC([NH-])C1.[NH-]C1CC([NH-])CC([NH-])C1.[Zn+2]. The maximum absolute atomic E-state index is 10.7. The first kappa shape index (κ1) is 41.9. The van der Waals surface area contributed by atoms with Gasteiger partial charge in [-0.2, -0.15) is 13.2 Å². The van der Waals surface area contributed by atoms with Gasteiger partial charge in [-0.25, -0.2) is 8.42 Å². The minimum atomic E-state index is -6.09. The van der Waals surface area contributed by atoms with Gasteiger partial charge >= 0.3 is 31.7 Å². The Bertz CT molecular complexity index is 577. The Morgan fingerprint density at radius 3 is 0.829 bits per heavy atom. The van der Waals surface area contributed by atoms with Gasteiger partial charge in [0.1, 0.15) is 0 Å². The van der Waals surface area contributed by atoms with Crippen LogP contribution in [0.4, 0.5) is 26.3 Å². The van der Waals surface area contributed by atoms with E-state index in [0.717, 1.165) is 0 Å². The van der Waals surface area contributed by atoms with E-state index in [1.54, 1.807) is 0 Å². The van der Waals surface area contributed by atoms with Crippen LogP contribution < -0.4 is 0 Å². The van der Waals surface area contributed by atoms with E-state index in [2.05, 4.69) is 0 Å². The number of alkyl halides is 3. The molecular formula is C14H24F6N6O6S2Zn-6. The van der Waals surface area contributed by atoms with Crippen LogP contribution in [0, 0.1) is 6.68 Å². The molecule has 2 aliphatic carbocycles. The molecule has 6 N–H and O–H groups in total. The normalized spacial score (nSPS) is 28.1. The summed E-state index contributed by atoms with van der Waals surface area (Å²) in [6.45, 7) is -3.08. The maximum atomic E-state index is 10.7. The van der Waals surface area contributed by atoms with Crippen LogP contribution in [0.1, 0.15) is 38.5 Å². The fraction of sp³-hybridized carbons (Fsp3) is 0.929. The molecule has 21 heteroatoms. The third-order valence-corrected chi connectivity index (χ3v) is 4.26. The summed E-state index contributed by atoms with van der Waals surface area (Å²) in [4.78, 5) is 0. The summed E-state index contributed by atoms with van der Waals surface area (Å²) in [7, 11) is -6.09. The van der Waals surface area contributed by atoms with Gasteiger partial charge in [0.15, 0.2) is 10.1 Å². The summed E-state index contributed by atoms with van der Waals surface area (Å²) < 4.78 is 113. The topological polar surface area (TPSA) is 263 Å². The zero-order valence-electron chi connectivity index (χ0n) is 17.9. The Morgan fingerprint density at radius 1 is 0.686 bits per heavy atom. The van der Waals surface area contributed by atoms with Crippen molar-refractivity contribution in [2.75, 3.05) is 0 Å². The monoisotopic (exact) mass is 614 g/mol. The average molecular weight is 616 g/mol. The largest absolute Gasteiger partial charge is 2.00 e. The van der Waals surface area contributed by atoms with Gasteiger partial charge in [0.05, 0.1) is 13.2 Å². The predicted octanol–water partition coefficient (Wildman–Crippen LogP) is 5.25. The van der Waals surface area contributed by atoms with E-state index in [4.69, 9.17) is 60.7 Å². The molecule has 0 atom stereocenters. The molecule has 0 aliphatic heterocycles. The molecule has 2 fully saturated rings. The zero-order valence-corrected chi connectivity index (χ0v) is 22.5. The van der Waals surface area contributed by atoms with Gasteiger partial charge in [-0.1, -0.05) is 38.5 Å². The maximum Gasteiger partial charge on any atom is 2.00 e. The number of hydrogen-bond donors (Lipinski definition) is 0. The molecule has 12 nitrogen and oxygen atoms in total. The van der Waals surface area contributed by atoms with Gasteiger partial charge in [-0.05, 0) is 0 Å². The smallest absolute Gasteiger partial charge is 0.784 e. The molecule has 0 saturated heterocycles. The fourth-order valence-corrected chi connectivity index (χ4v) is 2.64. The van der Waals surface area contributed by atoms with Crippen molar-refractivity contribution in [3.63, 3.8) is 0 Å². The van der Waals surface area contributed by atoms with E-state index in [0.29, 0.717) is 38.5 Å². The zero-order chi connectivity index (χ0) is 27.9. The van der Waals surface area contributed by atoms with Crippen LogP contribution >= 0.6 is 0 Å². The minimum absolute atomic E-state index is 0. The fourth-order valence-electron chi connectivity index (χ4n) is 2.64. The molecular weight excluding hydrogens is 592 g/mol. The van der Waals surface area contributed by atoms with Crippen molar-refractivity contribution in [2.45, 2.75) is 80.3 Å². The van der Waals surface area contributed by atoms with E-state index in [9.17, 15) is 26.3 Å². The third-order valence-electron chi connectivity index (χ3n) is 3.70. The molecule has 0 bridgehead atoms. The van der Waals surface area contributed by atoms with Crippen molar-refractivity contribution < 1.29 is 72.1 Å².